The first-order chi connectivity index (χ1) is 9.22. The van der Waals surface area contributed by atoms with E-state index in [9.17, 15) is 9.59 Å². The Morgan fingerprint density at radius 2 is 1.53 bits per heavy atom. The van der Waals surface area contributed by atoms with E-state index in [1.807, 2.05) is 30.6 Å². The number of pyridine rings is 1. The van der Waals surface area contributed by atoms with Crippen LogP contribution in [-0.2, 0) is 16.1 Å². The van der Waals surface area contributed by atoms with E-state index in [4.69, 9.17) is 0 Å². The lowest BCUT2D eigenvalue weighted by Gasteiger charge is -2.00. The molecule has 104 valence electrons. The molecule has 0 aliphatic rings. The minimum atomic E-state index is 0.0964. The first-order valence-corrected chi connectivity index (χ1v) is 7.20. The summed E-state index contributed by atoms with van der Waals surface area (Å²) in [6.07, 6.45) is 9.02. The minimum absolute atomic E-state index is 0.0964. The molecule has 0 saturated carbocycles. The lowest BCUT2D eigenvalue weighted by Crippen LogP contribution is -2.32. The van der Waals surface area contributed by atoms with Crippen molar-refractivity contribution < 1.29 is 14.2 Å². The number of aryl methyl sites for hydroxylation is 1. The highest BCUT2D eigenvalue weighted by Crippen LogP contribution is 2.04. The predicted molar refractivity (Wildman–Crippen MR) is 74.6 cm³/mol. The van der Waals surface area contributed by atoms with Gasteiger partial charge in [-0.3, -0.25) is 9.59 Å². The Labute approximate surface area is 115 Å². The maximum absolute atomic E-state index is 11.6. The van der Waals surface area contributed by atoms with Gasteiger partial charge < -0.3 is 0 Å². The topological polar surface area (TPSA) is 38.0 Å². The van der Waals surface area contributed by atoms with Gasteiger partial charge in [-0.25, -0.2) is 4.57 Å². The lowest BCUT2D eigenvalue weighted by molar-refractivity contribution is -0.697. The average Bonchev–Trinajstić information content (AvgIpc) is 2.42. The van der Waals surface area contributed by atoms with Crippen LogP contribution in [0, 0.1) is 0 Å². The summed E-state index contributed by atoms with van der Waals surface area (Å²) in [5.41, 5.74) is 0. The predicted octanol–water partition coefficient (Wildman–Crippen LogP) is 2.86. The van der Waals surface area contributed by atoms with E-state index in [2.05, 4.69) is 11.5 Å². The van der Waals surface area contributed by atoms with Gasteiger partial charge in [-0.2, -0.15) is 0 Å². The van der Waals surface area contributed by atoms with Crippen molar-refractivity contribution in [1.29, 1.82) is 0 Å². The van der Waals surface area contributed by atoms with Gasteiger partial charge in [0.15, 0.2) is 12.4 Å². The summed E-state index contributed by atoms with van der Waals surface area (Å²) in [5, 5.41) is 0. The van der Waals surface area contributed by atoms with Crippen LogP contribution < -0.4 is 4.57 Å². The van der Waals surface area contributed by atoms with Gasteiger partial charge in [-0.1, -0.05) is 19.4 Å². The summed E-state index contributed by atoms with van der Waals surface area (Å²) in [6, 6.07) is 5.98. The van der Waals surface area contributed by atoms with Crippen molar-refractivity contribution in [1.82, 2.24) is 0 Å². The molecule has 0 radical (unpaired) electrons. The number of nitrogens with zero attached hydrogens (tertiary/aromatic N) is 1. The Balaban J connectivity index is 2.09. The summed E-state index contributed by atoms with van der Waals surface area (Å²) < 4.78 is 2.11. The Hall–Kier alpha value is -1.51. The van der Waals surface area contributed by atoms with Crippen LogP contribution in [0.5, 0.6) is 0 Å². The molecule has 0 amide bonds. The van der Waals surface area contributed by atoms with Crippen LogP contribution >= 0.6 is 0 Å². The summed E-state index contributed by atoms with van der Waals surface area (Å²) in [4.78, 5) is 23.0. The molecule has 0 fully saturated rings. The molecule has 0 aromatic carbocycles. The zero-order valence-electron chi connectivity index (χ0n) is 11.8. The molecule has 1 aromatic rings. The smallest absolute Gasteiger partial charge is 0.168 e. The van der Waals surface area contributed by atoms with Crippen molar-refractivity contribution in [2.45, 2.75) is 58.4 Å². The maximum Gasteiger partial charge on any atom is 0.168 e. The van der Waals surface area contributed by atoms with Gasteiger partial charge in [0.2, 0.25) is 0 Å². The molecule has 3 nitrogen and oxygen atoms in total. The van der Waals surface area contributed by atoms with E-state index >= 15 is 0 Å². The van der Waals surface area contributed by atoms with Gasteiger partial charge in [-0.15, -0.1) is 0 Å². The van der Waals surface area contributed by atoms with E-state index in [1.54, 1.807) is 0 Å². The molecule has 1 rings (SSSR count). The highest BCUT2D eigenvalue weighted by Gasteiger charge is 2.09. The summed E-state index contributed by atoms with van der Waals surface area (Å²) in [6.45, 7) is 2.98. The quantitative estimate of drug-likeness (QED) is 0.369. The Morgan fingerprint density at radius 3 is 2.16 bits per heavy atom. The van der Waals surface area contributed by atoms with Gasteiger partial charge in [0.05, 0.1) is 6.42 Å². The van der Waals surface area contributed by atoms with Crippen molar-refractivity contribution >= 4 is 11.6 Å². The third-order valence-corrected chi connectivity index (χ3v) is 3.10. The van der Waals surface area contributed by atoms with E-state index < -0.39 is 0 Å². The Kier molecular flexibility index (Phi) is 7.71. The fraction of sp³-hybridized carbons (Fsp3) is 0.562. The molecule has 0 unspecified atom stereocenters. The van der Waals surface area contributed by atoms with Gasteiger partial charge in [0.1, 0.15) is 18.1 Å². The zero-order valence-corrected chi connectivity index (χ0v) is 11.8. The second-order valence-electron chi connectivity index (χ2n) is 4.93. The van der Waals surface area contributed by atoms with E-state index in [0.29, 0.717) is 12.8 Å². The largest absolute Gasteiger partial charge is 0.299 e. The number of rotatable bonds is 10. The molecule has 19 heavy (non-hydrogen) atoms. The molecule has 1 aromatic heterocycles. The second kappa shape index (κ2) is 9.42. The highest BCUT2D eigenvalue weighted by molar-refractivity contribution is 5.98. The molecule has 3 heteroatoms. The normalized spacial score (nSPS) is 10.4. The summed E-state index contributed by atoms with van der Waals surface area (Å²) >= 11 is 0. The molecule has 0 saturated heterocycles. The summed E-state index contributed by atoms with van der Waals surface area (Å²) in [5.74, 6) is 0.198. The van der Waals surface area contributed by atoms with E-state index in [0.717, 1.165) is 32.2 Å². The highest BCUT2D eigenvalue weighted by atomic mass is 16.1. The van der Waals surface area contributed by atoms with Crippen molar-refractivity contribution in [3.63, 3.8) is 0 Å². The van der Waals surface area contributed by atoms with Crippen LogP contribution in [0.15, 0.2) is 30.6 Å². The third-order valence-electron chi connectivity index (χ3n) is 3.10. The molecule has 0 atom stereocenters. The Bertz CT molecular complexity index is 387. The number of hydrogen-bond donors (Lipinski definition) is 0. The monoisotopic (exact) mass is 262 g/mol. The Morgan fingerprint density at radius 1 is 0.895 bits per heavy atom. The van der Waals surface area contributed by atoms with Crippen molar-refractivity contribution in [2.24, 2.45) is 0 Å². The fourth-order valence-corrected chi connectivity index (χ4v) is 1.97. The molecular weight excluding hydrogens is 238 g/mol. The third kappa shape index (κ3) is 7.50. The average molecular weight is 262 g/mol. The number of carbonyl (C=O) groups excluding carboxylic acids is 2. The molecule has 0 N–H and O–H groups in total. The molecule has 0 bridgehead atoms. The van der Waals surface area contributed by atoms with Crippen LogP contribution in [0.2, 0.25) is 0 Å². The van der Waals surface area contributed by atoms with Crippen LogP contribution in [0.1, 0.15) is 51.9 Å². The van der Waals surface area contributed by atoms with Crippen molar-refractivity contribution in [3.05, 3.63) is 30.6 Å². The fourth-order valence-electron chi connectivity index (χ4n) is 1.97. The molecule has 0 aliphatic carbocycles. The number of hydrogen-bond acceptors (Lipinski definition) is 2. The van der Waals surface area contributed by atoms with E-state index in [-0.39, 0.29) is 18.0 Å². The molecule has 0 spiro atoms. The van der Waals surface area contributed by atoms with Crippen LogP contribution in [-0.4, -0.2) is 11.6 Å². The first-order valence-electron chi connectivity index (χ1n) is 7.20. The van der Waals surface area contributed by atoms with Gasteiger partial charge in [0.25, 0.3) is 0 Å². The zero-order chi connectivity index (χ0) is 13.9. The second-order valence-corrected chi connectivity index (χ2v) is 4.93. The van der Waals surface area contributed by atoms with Crippen molar-refractivity contribution in [3.8, 4) is 0 Å². The first kappa shape index (κ1) is 15.5. The molecule has 1 heterocycles. The maximum atomic E-state index is 11.6. The number of unbranched alkanes of at least 4 members (excludes halogenated alkanes) is 2. The van der Waals surface area contributed by atoms with Crippen LogP contribution in [0.25, 0.3) is 0 Å². The lowest BCUT2D eigenvalue weighted by atomic mass is 10.0. The number of ketones is 2. The van der Waals surface area contributed by atoms with Crippen LogP contribution in [0.4, 0.5) is 0 Å². The minimum Gasteiger partial charge on any atom is -0.299 e. The van der Waals surface area contributed by atoms with Gasteiger partial charge in [-0.05, 0) is 12.8 Å². The number of carbonyl (C=O) groups is 2. The number of aromatic nitrogens is 1. The SMILES string of the molecule is CCCCC(=O)CC(=O)CCCC[n+]1ccccc1. The van der Waals surface area contributed by atoms with Crippen LogP contribution in [0.3, 0.4) is 0 Å². The standard InChI is InChI=1S/C16H24NO2/c1-2-3-9-15(18)14-16(19)10-5-8-13-17-11-6-4-7-12-17/h4,6-7,11-12H,2-3,5,8-10,13-14H2,1H3/q+1. The molecular formula is C16H24NO2+. The molecule has 0 aliphatic heterocycles. The van der Waals surface area contributed by atoms with Crippen molar-refractivity contribution in [2.75, 3.05) is 0 Å². The number of Topliss-reactive ketones (excluding diaryl/α,β-unsaturated/α-hetero) is 2. The van der Waals surface area contributed by atoms with Gasteiger partial charge >= 0.3 is 0 Å². The van der Waals surface area contributed by atoms with Gasteiger partial charge in [0, 0.05) is 31.4 Å². The summed E-state index contributed by atoms with van der Waals surface area (Å²) in [7, 11) is 0. The van der Waals surface area contributed by atoms with E-state index in [1.165, 1.54) is 0 Å².